The third-order valence-corrected chi connectivity index (χ3v) is 5.79. The number of halogens is 1. The quantitative estimate of drug-likeness (QED) is 0.717. The molecule has 5 heteroatoms. The molecule has 1 atom stereocenters. The second-order valence-corrected chi connectivity index (χ2v) is 8.86. The van der Waals surface area contributed by atoms with Gasteiger partial charge in [0.25, 0.3) is 0 Å². The van der Waals surface area contributed by atoms with Crippen LogP contribution in [0.5, 0.6) is 11.5 Å². The van der Waals surface area contributed by atoms with Crippen molar-refractivity contribution in [1.82, 2.24) is 0 Å². The number of aryl methyl sites for hydroxylation is 1. The van der Waals surface area contributed by atoms with Gasteiger partial charge < -0.3 is 14.6 Å². The number of carboxylic acid groups (broad SMARTS) is 1. The Balaban J connectivity index is 1.52. The molecule has 4 rings (SSSR count). The van der Waals surface area contributed by atoms with Gasteiger partial charge in [0.1, 0.15) is 23.7 Å². The van der Waals surface area contributed by atoms with Crippen LogP contribution in [0, 0.1) is 0 Å². The van der Waals surface area contributed by atoms with Crippen molar-refractivity contribution in [3.8, 4) is 11.5 Å². The van der Waals surface area contributed by atoms with Gasteiger partial charge in [-0.2, -0.15) is 0 Å². The number of rotatable bonds is 5. The Kier molecular flexibility index (Phi) is 5.00. The first-order valence-electron chi connectivity index (χ1n) is 9.78. The predicted molar refractivity (Wildman–Crippen MR) is 109 cm³/mol. The van der Waals surface area contributed by atoms with E-state index in [0.717, 1.165) is 53.9 Å². The van der Waals surface area contributed by atoms with Crippen LogP contribution in [0.25, 0.3) is 0 Å². The fraction of sp³-hybridized carbons (Fsp3) is 0.435. The van der Waals surface area contributed by atoms with E-state index in [1.165, 1.54) is 5.56 Å². The standard InChI is InChI=1S/C23H25ClO4/c1-23(2)12-16-8-18(24)9-17(22(16)28-23)13-27-19-6-7-20-14(10-19)4-3-5-15(20)11-21(25)26/h6-10,15H,3-5,11-13H2,1-2H3,(H,25,26). The molecule has 1 unspecified atom stereocenters. The largest absolute Gasteiger partial charge is 0.489 e. The first-order valence-corrected chi connectivity index (χ1v) is 10.2. The summed E-state index contributed by atoms with van der Waals surface area (Å²) in [6.07, 6.45) is 3.93. The van der Waals surface area contributed by atoms with Gasteiger partial charge in [0.2, 0.25) is 0 Å². The summed E-state index contributed by atoms with van der Waals surface area (Å²) in [4.78, 5) is 11.1. The van der Waals surface area contributed by atoms with E-state index in [1.807, 2.05) is 24.3 Å². The highest BCUT2D eigenvalue weighted by Crippen LogP contribution is 2.40. The van der Waals surface area contributed by atoms with E-state index in [0.29, 0.717) is 11.6 Å². The average molecular weight is 401 g/mol. The molecule has 1 N–H and O–H groups in total. The zero-order valence-corrected chi connectivity index (χ0v) is 17.0. The summed E-state index contributed by atoms with van der Waals surface area (Å²) >= 11 is 6.30. The first-order chi connectivity index (χ1) is 13.3. The van der Waals surface area contributed by atoms with Crippen LogP contribution >= 0.6 is 11.6 Å². The number of fused-ring (bicyclic) bond motifs is 2. The van der Waals surface area contributed by atoms with Crippen molar-refractivity contribution in [1.29, 1.82) is 0 Å². The molecule has 1 heterocycles. The second kappa shape index (κ2) is 7.32. The van der Waals surface area contributed by atoms with Crippen molar-refractivity contribution in [3.05, 3.63) is 57.6 Å². The Labute approximate surface area is 170 Å². The molecule has 2 aromatic carbocycles. The number of hydrogen-bond acceptors (Lipinski definition) is 3. The van der Waals surface area contributed by atoms with Gasteiger partial charge in [-0.3, -0.25) is 4.79 Å². The molecule has 1 aliphatic carbocycles. The van der Waals surface area contributed by atoms with Crippen LogP contribution in [0.15, 0.2) is 30.3 Å². The second-order valence-electron chi connectivity index (χ2n) is 8.43. The Morgan fingerprint density at radius 2 is 2.11 bits per heavy atom. The zero-order valence-electron chi connectivity index (χ0n) is 16.3. The van der Waals surface area contributed by atoms with Gasteiger partial charge in [0.05, 0.1) is 6.42 Å². The summed E-state index contributed by atoms with van der Waals surface area (Å²) in [5, 5.41) is 9.84. The van der Waals surface area contributed by atoms with E-state index >= 15 is 0 Å². The van der Waals surface area contributed by atoms with Crippen LogP contribution in [-0.2, 0) is 24.2 Å². The highest BCUT2D eigenvalue weighted by atomic mass is 35.5. The molecule has 4 nitrogen and oxygen atoms in total. The van der Waals surface area contributed by atoms with Crippen molar-refractivity contribution in [3.63, 3.8) is 0 Å². The van der Waals surface area contributed by atoms with E-state index in [9.17, 15) is 4.79 Å². The molecule has 0 aromatic heterocycles. The Morgan fingerprint density at radius 1 is 1.29 bits per heavy atom. The maximum atomic E-state index is 11.1. The molecule has 0 fully saturated rings. The molecule has 0 saturated carbocycles. The van der Waals surface area contributed by atoms with Crippen molar-refractivity contribution in [2.45, 2.75) is 64.1 Å². The van der Waals surface area contributed by atoms with Crippen LogP contribution in [-0.4, -0.2) is 16.7 Å². The van der Waals surface area contributed by atoms with Crippen LogP contribution in [0.1, 0.15) is 61.3 Å². The maximum Gasteiger partial charge on any atom is 0.303 e. The van der Waals surface area contributed by atoms with Gasteiger partial charge in [-0.05, 0) is 80.0 Å². The predicted octanol–water partition coefficient (Wildman–Crippen LogP) is 5.53. The molecule has 1 aliphatic heterocycles. The summed E-state index contributed by atoms with van der Waals surface area (Å²) in [5.41, 5.74) is 4.19. The van der Waals surface area contributed by atoms with E-state index in [4.69, 9.17) is 26.2 Å². The molecule has 148 valence electrons. The fourth-order valence-corrected chi connectivity index (χ4v) is 4.68. The van der Waals surface area contributed by atoms with Gasteiger partial charge in [0.15, 0.2) is 0 Å². The number of aliphatic carboxylic acids is 1. The van der Waals surface area contributed by atoms with Crippen molar-refractivity contribution in [2.24, 2.45) is 0 Å². The van der Waals surface area contributed by atoms with Crippen LogP contribution in [0.3, 0.4) is 0 Å². The third kappa shape index (κ3) is 3.97. The van der Waals surface area contributed by atoms with Crippen LogP contribution < -0.4 is 9.47 Å². The average Bonchev–Trinajstić information content (AvgIpc) is 2.93. The van der Waals surface area contributed by atoms with E-state index in [2.05, 4.69) is 19.9 Å². The number of benzene rings is 2. The lowest BCUT2D eigenvalue weighted by Crippen LogP contribution is -2.25. The van der Waals surface area contributed by atoms with Crippen LogP contribution in [0.2, 0.25) is 5.02 Å². The highest BCUT2D eigenvalue weighted by molar-refractivity contribution is 6.30. The molecule has 0 radical (unpaired) electrons. The topological polar surface area (TPSA) is 55.8 Å². The number of carboxylic acids is 1. The smallest absolute Gasteiger partial charge is 0.303 e. The molecule has 0 bridgehead atoms. The highest BCUT2D eigenvalue weighted by Gasteiger charge is 2.32. The fourth-order valence-electron chi connectivity index (χ4n) is 4.42. The van der Waals surface area contributed by atoms with Gasteiger partial charge in [-0.1, -0.05) is 17.7 Å². The number of carbonyl (C=O) groups is 1. The lowest BCUT2D eigenvalue weighted by molar-refractivity contribution is -0.137. The minimum Gasteiger partial charge on any atom is -0.489 e. The third-order valence-electron chi connectivity index (χ3n) is 5.57. The lowest BCUT2D eigenvalue weighted by atomic mass is 9.81. The summed E-state index contributed by atoms with van der Waals surface area (Å²) in [7, 11) is 0. The molecular formula is C23H25ClO4. The SMILES string of the molecule is CC1(C)Cc2cc(Cl)cc(COc3ccc4c(c3)CCCC4CC(=O)O)c2O1. The van der Waals surface area contributed by atoms with Gasteiger partial charge in [0, 0.05) is 17.0 Å². The van der Waals surface area contributed by atoms with E-state index < -0.39 is 5.97 Å². The summed E-state index contributed by atoms with van der Waals surface area (Å²) in [6, 6.07) is 9.90. The Hall–Kier alpha value is -2.20. The van der Waals surface area contributed by atoms with Gasteiger partial charge in [-0.25, -0.2) is 0 Å². The molecule has 0 saturated heterocycles. The first kappa shape index (κ1) is 19.1. The van der Waals surface area contributed by atoms with Crippen molar-refractivity contribution in [2.75, 3.05) is 0 Å². The van der Waals surface area contributed by atoms with Crippen molar-refractivity contribution < 1.29 is 19.4 Å². The van der Waals surface area contributed by atoms with Crippen LogP contribution in [0.4, 0.5) is 0 Å². The minimum absolute atomic E-state index is 0.0992. The normalized spacial score (nSPS) is 19.5. The molecular weight excluding hydrogens is 376 g/mol. The van der Waals surface area contributed by atoms with Gasteiger partial charge in [-0.15, -0.1) is 0 Å². The molecule has 2 aliphatic rings. The summed E-state index contributed by atoms with van der Waals surface area (Å²) in [5.74, 6) is 1.03. The molecule has 0 amide bonds. The van der Waals surface area contributed by atoms with Gasteiger partial charge >= 0.3 is 5.97 Å². The molecule has 0 spiro atoms. The summed E-state index contributed by atoms with van der Waals surface area (Å²) in [6.45, 7) is 4.53. The van der Waals surface area contributed by atoms with E-state index in [-0.39, 0.29) is 17.9 Å². The molecule has 28 heavy (non-hydrogen) atoms. The Bertz CT molecular complexity index is 919. The van der Waals surface area contributed by atoms with Crippen molar-refractivity contribution >= 4 is 17.6 Å². The lowest BCUT2D eigenvalue weighted by Gasteiger charge is -2.25. The number of hydrogen-bond donors (Lipinski definition) is 1. The van der Waals surface area contributed by atoms with E-state index in [1.54, 1.807) is 0 Å². The monoisotopic (exact) mass is 400 g/mol. The Morgan fingerprint density at radius 3 is 2.89 bits per heavy atom. The zero-order chi connectivity index (χ0) is 19.9. The summed E-state index contributed by atoms with van der Waals surface area (Å²) < 4.78 is 12.2. The maximum absolute atomic E-state index is 11.1. The number of ether oxygens (including phenoxy) is 2. The molecule has 2 aromatic rings. The minimum atomic E-state index is -0.740.